The number of hydrogen-bond acceptors (Lipinski definition) is 2. The number of terminal acetylenes is 1. The van der Waals surface area contributed by atoms with Gasteiger partial charge in [-0.3, -0.25) is 0 Å². The van der Waals surface area contributed by atoms with Gasteiger partial charge in [0.25, 0.3) is 0 Å². The molecule has 1 N–H and O–H groups in total. The van der Waals surface area contributed by atoms with Gasteiger partial charge in [0.2, 0.25) is 0 Å². The quantitative estimate of drug-likeness (QED) is 0.761. The van der Waals surface area contributed by atoms with Gasteiger partial charge >= 0.3 is 0 Å². The molecule has 80 valence electrons. The highest BCUT2D eigenvalue weighted by Crippen LogP contribution is 2.21. The van der Waals surface area contributed by atoms with Gasteiger partial charge in [0, 0.05) is 17.8 Å². The fraction of sp³-hybridized carbons (Fsp3) is 0.333. The summed E-state index contributed by atoms with van der Waals surface area (Å²) in [6.45, 7) is 2.95. The Balaban J connectivity index is 3.06. The normalized spacial score (nSPS) is 9.73. The highest BCUT2D eigenvalue weighted by Gasteiger charge is 2.08. The third kappa shape index (κ3) is 2.71. The molecule has 0 atom stereocenters. The van der Waals surface area contributed by atoms with E-state index in [9.17, 15) is 4.39 Å². The van der Waals surface area contributed by atoms with Gasteiger partial charge in [-0.05, 0) is 25.1 Å². The second-order valence-electron chi connectivity index (χ2n) is 3.15. The zero-order chi connectivity index (χ0) is 11.3. The van der Waals surface area contributed by atoms with Gasteiger partial charge in [-0.15, -0.1) is 6.42 Å². The average molecular weight is 207 g/mol. The van der Waals surface area contributed by atoms with Gasteiger partial charge in [0.1, 0.15) is 5.82 Å². The number of hydrogen-bond donors (Lipinski definition) is 1. The van der Waals surface area contributed by atoms with E-state index in [4.69, 9.17) is 11.5 Å². The molecular formula is C12H14FNO. The number of aliphatic hydroxyl groups is 1. The van der Waals surface area contributed by atoms with E-state index in [0.29, 0.717) is 12.1 Å². The van der Waals surface area contributed by atoms with Gasteiger partial charge in [-0.2, -0.15) is 0 Å². The summed E-state index contributed by atoms with van der Waals surface area (Å²) in [4.78, 5) is 1.91. The van der Waals surface area contributed by atoms with E-state index in [1.807, 2.05) is 11.8 Å². The molecule has 0 aromatic heterocycles. The van der Waals surface area contributed by atoms with Crippen molar-refractivity contribution in [3.05, 3.63) is 29.6 Å². The molecule has 2 nitrogen and oxygen atoms in total. The molecule has 0 saturated carbocycles. The SMILES string of the molecule is C#CCN(CC)c1ccc(F)cc1CO. The predicted molar refractivity (Wildman–Crippen MR) is 59.0 cm³/mol. The van der Waals surface area contributed by atoms with Crippen LogP contribution in [0.5, 0.6) is 0 Å². The van der Waals surface area contributed by atoms with Gasteiger partial charge in [-0.1, -0.05) is 5.92 Å². The molecule has 0 fully saturated rings. The summed E-state index contributed by atoms with van der Waals surface area (Å²) in [5.74, 6) is 2.19. The number of anilines is 1. The van der Waals surface area contributed by atoms with Crippen molar-refractivity contribution in [1.82, 2.24) is 0 Å². The molecule has 1 aromatic rings. The van der Waals surface area contributed by atoms with Crippen molar-refractivity contribution in [2.45, 2.75) is 13.5 Å². The first-order valence-corrected chi connectivity index (χ1v) is 4.80. The molecule has 0 saturated heterocycles. The van der Waals surface area contributed by atoms with Crippen molar-refractivity contribution >= 4 is 5.69 Å². The van der Waals surface area contributed by atoms with Crippen molar-refractivity contribution in [3.63, 3.8) is 0 Å². The third-order valence-corrected chi connectivity index (χ3v) is 2.22. The molecule has 0 aliphatic rings. The molecular weight excluding hydrogens is 193 g/mol. The topological polar surface area (TPSA) is 23.5 Å². The Morgan fingerprint density at radius 3 is 2.80 bits per heavy atom. The van der Waals surface area contributed by atoms with Gasteiger partial charge < -0.3 is 10.0 Å². The van der Waals surface area contributed by atoms with E-state index < -0.39 is 0 Å². The van der Waals surface area contributed by atoms with Crippen LogP contribution in [0.4, 0.5) is 10.1 Å². The average Bonchev–Trinajstić information content (AvgIpc) is 2.26. The van der Waals surface area contributed by atoms with E-state index in [1.165, 1.54) is 12.1 Å². The zero-order valence-electron chi connectivity index (χ0n) is 8.70. The summed E-state index contributed by atoms with van der Waals surface area (Å²) in [6, 6.07) is 4.34. The van der Waals surface area contributed by atoms with E-state index in [0.717, 1.165) is 12.2 Å². The van der Waals surface area contributed by atoms with Crippen molar-refractivity contribution in [2.75, 3.05) is 18.0 Å². The van der Waals surface area contributed by atoms with Gasteiger partial charge in [0.15, 0.2) is 0 Å². The molecule has 0 bridgehead atoms. The number of aliphatic hydroxyl groups excluding tert-OH is 1. The lowest BCUT2D eigenvalue weighted by Gasteiger charge is -2.22. The fourth-order valence-electron chi connectivity index (χ4n) is 1.47. The monoisotopic (exact) mass is 207 g/mol. The summed E-state index contributed by atoms with van der Waals surface area (Å²) in [6.07, 6.45) is 5.24. The van der Waals surface area contributed by atoms with Crippen LogP contribution in [0.25, 0.3) is 0 Å². The Hall–Kier alpha value is -1.53. The van der Waals surface area contributed by atoms with Crippen molar-refractivity contribution in [1.29, 1.82) is 0 Å². The van der Waals surface area contributed by atoms with E-state index in [1.54, 1.807) is 6.07 Å². The van der Waals surface area contributed by atoms with Crippen LogP contribution in [0.15, 0.2) is 18.2 Å². The summed E-state index contributed by atoms with van der Waals surface area (Å²) in [7, 11) is 0. The Labute approximate surface area is 89.3 Å². The van der Waals surface area contributed by atoms with Crippen LogP contribution in [0, 0.1) is 18.2 Å². The molecule has 1 rings (SSSR count). The predicted octanol–water partition coefficient (Wildman–Crippen LogP) is 1.78. The summed E-state index contributed by atoms with van der Waals surface area (Å²) >= 11 is 0. The molecule has 15 heavy (non-hydrogen) atoms. The second kappa shape index (κ2) is 5.38. The first kappa shape index (κ1) is 11.5. The van der Waals surface area contributed by atoms with E-state index in [-0.39, 0.29) is 12.4 Å². The van der Waals surface area contributed by atoms with Crippen molar-refractivity contribution in [2.24, 2.45) is 0 Å². The first-order valence-electron chi connectivity index (χ1n) is 4.80. The zero-order valence-corrected chi connectivity index (χ0v) is 8.70. The molecule has 3 heteroatoms. The maximum absolute atomic E-state index is 12.9. The maximum atomic E-state index is 12.9. The van der Waals surface area contributed by atoms with E-state index >= 15 is 0 Å². The molecule has 0 spiro atoms. The van der Waals surface area contributed by atoms with Crippen molar-refractivity contribution in [3.8, 4) is 12.3 Å². The fourth-order valence-corrected chi connectivity index (χ4v) is 1.47. The molecule has 1 aromatic carbocycles. The lowest BCUT2D eigenvalue weighted by atomic mass is 10.1. The van der Waals surface area contributed by atoms with Crippen LogP contribution < -0.4 is 4.90 Å². The molecule has 0 amide bonds. The van der Waals surface area contributed by atoms with E-state index in [2.05, 4.69) is 5.92 Å². The van der Waals surface area contributed by atoms with Crippen molar-refractivity contribution < 1.29 is 9.50 Å². The number of benzene rings is 1. The van der Waals surface area contributed by atoms with Crippen LogP contribution in [-0.4, -0.2) is 18.2 Å². The number of halogens is 1. The minimum Gasteiger partial charge on any atom is -0.392 e. The summed E-state index contributed by atoms with van der Waals surface area (Å²) in [5.41, 5.74) is 1.35. The van der Waals surface area contributed by atoms with Crippen LogP contribution >= 0.6 is 0 Å². The third-order valence-electron chi connectivity index (χ3n) is 2.22. The van der Waals surface area contributed by atoms with Crippen LogP contribution in [0.2, 0.25) is 0 Å². The second-order valence-corrected chi connectivity index (χ2v) is 3.15. The smallest absolute Gasteiger partial charge is 0.123 e. The van der Waals surface area contributed by atoms with Gasteiger partial charge in [-0.25, -0.2) is 4.39 Å². The molecule has 0 heterocycles. The van der Waals surface area contributed by atoms with Gasteiger partial charge in [0.05, 0.1) is 13.2 Å². The molecule has 0 unspecified atom stereocenters. The Morgan fingerprint density at radius 2 is 2.27 bits per heavy atom. The Bertz CT molecular complexity index is 370. The lowest BCUT2D eigenvalue weighted by molar-refractivity contribution is 0.281. The first-order chi connectivity index (χ1) is 7.22. The highest BCUT2D eigenvalue weighted by atomic mass is 19.1. The molecule has 0 radical (unpaired) electrons. The summed E-state index contributed by atoms with van der Waals surface area (Å²) < 4.78 is 12.9. The standard InChI is InChI=1S/C12H14FNO/c1-3-7-14(4-2)12-6-5-11(13)8-10(12)9-15/h1,5-6,8,15H,4,7,9H2,2H3. The minimum atomic E-state index is -0.348. The largest absolute Gasteiger partial charge is 0.392 e. The van der Waals surface area contributed by atoms with Crippen LogP contribution in [0.1, 0.15) is 12.5 Å². The highest BCUT2D eigenvalue weighted by molar-refractivity contribution is 5.54. The minimum absolute atomic E-state index is 0.186. The Morgan fingerprint density at radius 1 is 1.53 bits per heavy atom. The van der Waals surface area contributed by atoms with Crippen LogP contribution in [-0.2, 0) is 6.61 Å². The van der Waals surface area contributed by atoms with Crippen LogP contribution in [0.3, 0.4) is 0 Å². The maximum Gasteiger partial charge on any atom is 0.123 e. The number of nitrogens with zero attached hydrogens (tertiary/aromatic N) is 1. The molecule has 0 aliphatic carbocycles. The lowest BCUT2D eigenvalue weighted by Crippen LogP contribution is -2.24. The Kier molecular flexibility index (Phi) is 4.14. The number of rotatable bonds is 4. The summed E-state index contributed by atoms with van der Waals surface area (Å²) in [5, 5.41) is 9.11. The molecule has 0 aliphatic heterocycles.